The van der Waals surface area contributed by atoms with Gasteiger partial charge in [0.1, 0.15) is 5.78 Å². The van der Waals surface area contributed by atoms with Crippen LogP contribution in [-0.4, -0.2) is 24.1 Å². The van der Waals surface area contributed by atoms with E-state index >= 15 is 0 Å². The Bertz CT molecular complexity index is 1030. The van der Waals surface area contributed by atoms with E-state index in [-0.39, 0.29) is 12.0 Å². The van der Waals surface area contributed by atoms with Gasteiger partial charge in [-0.15, -0.1) is 11.3 Å². The molecule has 5 aliphatic rings. The second kappa shape index (κ2) is 8.96. The first-order valence-corrected chi connectivity index (χ1v) is 13.8. The first-order valence-electron chi connectivity index (χ1n) is 11.9. The van der Waals surface area contributed by atoms with Crippen LogP contribution in [0.5, 0.6) is 0 Å². The van der Waals surface area contributed by atoms with Crippen LogP contribution in [0, 0.1) is 34.5 Å². The van der Waals surface area contributed by atoms with E-state index in [0.29, 0.717) is 33.4 Å². The summed E-state index contributed by atoms with van der Waals surface area (Å²) in [6.45, 7) is 3.91. The average molecular weight is 483 g/mol. The van der Waals surface area contributed by atoms with E-state index in [0.717, 1.165) is 41.9 Å². The zero-order valence-corrected chi connectivity index (χ0v) is 20.8. The van der Waals surface area contributed by atoms with Gasteiger partial charge in [0, 0.05) is 16.0 Å². The molecule has 4 saturated carbocycles. The van der Waals surface area contributed by atoms with E-state index in [1.165, 1.54) is 42.4 Å². The van der Waals surface area contributed by atoms with E-state index in [1.54, 1.807) is 6.92 Å². The highest BCUT2D eigenvalue weighted by atomic mass is 32.2. The molecule has 7 heteroatoms. The maximum atomic E-state index is 13.5. The van der Waals surface area contributed by atoms with Gasteiger partial charge >= 0.3 is 5.97 Å². The Hall–Kier alpha value is -2.04. The zero-order chi connectivity index (χ0) is 23.2. The van der Waals surface area contributed by atoms with Crippen LogP contribution in [0.15, 0.2) is 39.4 Å². The first kappa shape index (κ1) is 22.7. The molecule has 4 aliphatic carbocycles. The minimum absolute atomic E-state index is 0.141. The van der Waals surface area contributed by atoms with E-state index in [4.69, 9.17) is 4.74 Å². The van der Waals surface area contributed by atoms with Crippen molar-refractivity contribution < 1.29 is 14.3 Å². The van der Waals surface area contributed by atoms with Gasteiger partial charge in [0.25, 0.3) is 0 Å². The fourth-order valence-corrected chi connectivity index (χ4v) is 8.96. The maximum Gasteiger partial charge on any atom is 0.336 e. The van der Waals surface area contributed by atoms with Crippen LogP contribution < -0.4 is 5.32 Å². The highest BCUT2D eigenvalue weighted by Gasteiger charge is 2.54. The van der Waals surface area contributed by atoms with Gasteiger partial charge in [-0.25, -0.2) is 4.79 Å². The number of carbonyl (C=O) groups is 2. The van der Waals surface area contributed by atoms with Crippen molar-refractivity contribution >= 4 is 34.9 Å². The lowest BCUT2D eigenvalue weighted by Crippen LogP contribution is -2.50. The summed E-state index contributed by atoms with van der Waals surface area (Å²) in [5.41, 5.74) is 1.52. The highest BCUT2D eigenvalue weighted by molar-refractivity contribution is 8.03. The lowest BCUT2D eigenvalue weighted by molar-refractivity contribution is -0.141. The number of nitrogens with zero attached hydrogens (tertiary/aromatic N) is 1. The number of nitrogens with one attached hydrogen (secondary N) is 1. The van der Waals surface area contributed by atoms with Gasteiger partial charge in [-0.1, -0.05) is 17.8 Å². The number of thiophene rings is 1. The quantitative estimate of drug-likeness (QED) is 0.515. The number of hydrogen-bond donors (Lipinski definition) is 1. The number of ketones is 1. The Labute approximate surface area is 203 Å². The molecule has 0 amide bonds. The number of rotatable bonds is 7. The third-order valence-corrected chi connectivity index (χ3v) is 9.90. The molecule has 0 spiro atoms. The number of hydrogen-bond acceptors (Lipinski definition) is 7. The molecule has 1 aliphatic heterocycles. The third-order valence-electron chi connectivity index (χ3n) is 7.95. The predicted molar refractivity (Wildman–Crippen MR) is 130 cm³/mol. The van der Waals surface area contributed by atoms with Gasteiger partial charge in [0.15, 0.2) is 0 Å². The summed E-state index contributed by atoms with van der Waals surface area (Å²) in [7, 11) is 0. The summed E-state index contributed by atoms with van der Waals surface area (Å²) < 4.78 is 5.32. The number of carbonyl (C=O) groups excluding carboxylic acids is 2. The molecule has 4 bridgehead atoms. The van der Waals surface area contributed by atoms with Crippen molar-refractivity contribution in [1.29, 1.82) is 5.26 Å². The lowest BCUT2D eigenvalue weighted by Gasteiger charge is -2.56. The standard InChI is InChI=1S/C26H30N2O3S2/c1-3-31-25(30)22-15(2)28-24(19(13-27)23(22)20-5-4-6-32-20)33-14-21(29)26-10-16-7-17(11-26)9-18(8-16)12-26/h4-6,16-18,23,28H,3,7-12,14H2,1-2H3/t16?,17?,18?,23-,26?/m1/s1. The number of esters is 1. The SMILES string of the molecule is CCOC(=O)C1=C(C)NC(SCC(=O)C23CC4CC(CC(C4)C2)C3)=C(C#N)[C@@H]1c1cccs1. The molecule has 4 fully saturated rings. The number of ether oxygens (including phenoxy) is 1. The minimum Gasteiger partial charge on any atom is -0.463 e. The smallest absolute Gasteiger partial charge is 0.336 e. The van der Waals surface area contributed by atoms with Crippen molar-refractivity contribution in [3.05, 3.63) is 44.3 Å². The van der Waals surface area contributed by atoms with Crippen LogP contribution in [-0.2, 0) is 14.3 Å². The molecule has 174 valence electrons. The zero-order valence-electron chi connectivity index (χ0n) is 19.2. The van der Waals surface area contributed by atoms with Crippen LogP contribution in [0.3, 0.4) is 0 Å². The molecule has 1 aromatic heterocycles. The molecule has 5 nitrogen and oxygen atoms in total. The highest BCUT2D eigenvalue weighted by Crippen LogP contribution is 2.60. The van der Waals surface area contributed by atoms with E-state index in [2.05, 4.69) is 11.4 Å². The number of Topliss-reactive ketones (excluding diaryl/α,β-unsaturated/α-hetero) is 1. The summed E-state index contributed by atoms with van der Waals surface area (Å²) in [6.07, 6.45) is 7.11. The number of thioether (sulfide) groups is 1. The van der Waals surface area contributed by atoms with Crippen molar-refractivity contribution in [2.24, 2.45) is 23.2 Å². The second-order valence-electron chi connectivity index (χ2n) is 10.1. The van der Waals surface area contributed by atoms with E-state index in [9.17, 15) is 14.9 Å². The molecule has 0 saturated heterocycles. The van der Waals surface area contributed by atoms with Gasteiger partial charge in [-0.2, -0.15) is 5.26 Å². The van der Waals surface area contributed by atoms with Crippen LogP contribution in [0.1, 0.15) is 63.2 Å². The molecule has 0 radical (unpaired) electrons. The van der Waals surface area contributed by atoms with Crippen LogP contribution in [0.4, 0.5) is 0 Å². The Morgan fingerprint density at radius 3 is 2.45 bits per heavy atom. The van der Waals surface area contributed by atoms with Gasteiger partial charge in [-0.05, 0) is 81.6 Å². The number of nitriles is 1. The van der Waals surface area contributed by atoms with Crippen molar-refractivity contribution in [3.63, 3.8) is 0 Å². The molecule has 1 aromatic rings. The summed E-state index contributed by atoms with van der Waals surface area (Å²) >= 11 is 2.96. The molecule has 6 rings (SSSR count). The normalized spacial score (nSPS) is 32.5. The molecule has 2 heterocycles. The number of dihydropyridines is 1. The minimum atomic E-state index is -0.465. The van der Waals surface area contributed by atoms with Crippen molar-refractivity contribution in [1.82, 2.24) is 5.32 Å². The molecular formula is C26H30N2O3S2. The Balaban J connectivity index is 1.40. The molecule has 0 unspecified atom stereocenters. The van der Waals surface area contributed by atoms with Gasteiger partial charge in [0.05, 0.1) is 40.5 Å². The number of allylic oxidation sites excluding steroid dienone is 2. The molecular weight excluding hydrogens is 452 g/mol. The van der Waals surface area contributed by atoms with Gasteiger partial charge in [0.2, 0.25) is 0 Å². The predicted octanol–water partition coefficient (Wildman–Crippen LogP) is 5.53. The molecule has 33 heavy (non-hydrogen) atoms. The second-order valence-corrected chi connectivity index (χ2v) is 12.1. The van der Waals surface area contributed by atoms with Gasteiger partial charge < -0.3 is 10.1 Å². The van der Waals surface area contributed by atoms with Crippen molar-refractivity contribution in [3.8, 4) is 6.07 Å². The van der Waals surface area contributed by atoms with Crippen LogP contribution in [0.25, 0.3) is 0 Å². The Morgan fingerprint density at radius 1 is 1.24 bits per heavy atom. The topological polar surface area (TPSA) is 79.2 Å². The molecule has 1 N–H and O–H groups in total. The fourth-order valence-electron chi connectivity index (χ4n) is 6.99. The first-order chi connectivity index (χ1) is 15.9. The Morgan fingerprint density at radius 2 is 1.91 bits per heavy atom. The summed E-state index contributed by atoms with van der Waals surface area (Å²) in [4.78, 5) is 27.3. The summed E-state index contributed by atoms with van der Waals surface area (Å²) in [5.74, 6) is 2.05. The summed E-state index contributed by atoms with van der Waals surface area (Å²) in [6, 6.07) is 6.23. The molecule has 1 atom stereocenters. The van der Waals surface area contributed by atoms with Crippen molar-refractivity contribution in [2.75, 3.05) is 12.4 Å². The summed E-state index contributed by atoms with van der Waals surface area (Å²) in [5, 5.41) is 16.1. The van der Waals surface area contributed by atoms with Crippen LogP contribution >= 0.6 is 23.1 Å². The van der Waals surface area contributed by atoms with Gasteiger partial charge in [-0.3, -0.25) is 4.79 Å². The lowest BCUT2D eigenvalue weighted by atomic mass is 9.48. The third kappa shape index (κ3) is 4.06. The van der Waals surface area contributed by atoms with Crippen molar-refractivity contribution in [2.45, 2.75) is 58.3 Å². The van der Waals surface area contributed by atoms with E-state index in [1.807, 2.05) is 24.4 Å². The fraction of sp³-hybridized carbons (Fsp3) is 0.577. The maximum absolute atomic E-state index is 13.5. The van der Waals surface area contributed by atoms with Crippen LogP contribution in [0.2, 0.25) is 0 Å². The van der Waals surface area contributed by atoms with E-state index < -0.39 is 11.9 Å². The average Bonchev–Trinajstić information content (AvgIpc) is 3.30. The largest absolute Gasteiger partial charge is 0.463 e. The molecule has 0 aromatic carbocycles. The Kier molecular flexibility index (Phi) is 6.17. The monoisotopic (exact) mass is 482 g/mol.